The molecule has 7 aromatic carbocycles. The van der Waals surface area contributed by atoms with Crippen LogP contribution < -0.4 is 25.9 Å². The Bertz CT molecular complexity index is 2860. The minimum Gasteiger partial charge on any atom is -0.458 e. The van der Waals surface area contributed by atoms with Gasteiger partial charge in [-0.05, 0) is 137 Å². The van der Waals surface area contributed by atoms with E-state index in [2.05, 4.69) is 162 Å². The van der Waals surface area contributed by atoms with Gasteiger partial charge in [-0.1, -0.05) is 64.7 Å². The number of hydrogen-bond donors (Lipinski definition) is 0. The highest BCUT2D eigenvalue weighted by Crippen LogP contribution is 2.42. The lowest BCUT2D eigenvalue weighted by atomic mass is 9.35. The molecule has 2 aromatic heterocycles. The Morgan fingerprint density at radius 1 is 0.382 bits per heavy atom. The SMILES string of the molecule is Cc1cc(C)c2c(c1)c1cc(C)cc(C)c1n2-c1ccc2c(c1)Oc1cccc3c1B2c1ccc(-n2c4c(C)cc(C)cc4c4cc(C)cc(C)c42)cc1O3. The highest BCUT2D eigenvalue weighted by atomic mass is 16.5. The van der Waals surface area contributed by atoms with E-state index >= 15 is 0 Å². The van der Waals surface area contributed by atoms with Crippen LogP contribution in [0.25, 0.3) is 55.0 Å². The molecule has 0 N–H and O–H groups in total. The van der Waals surface area contributed by atoms with Crippen molar-refractivity contribution in [2.75, 3.05) is 0 Å². The van der Waals surface area contributed by atoms with E-state index in [1.165, 1.54) is 88.1 Å². The van der Waals surface area contributed by atoms with E-state index in [1.807, 2.05) is 6.07 Å². The second-order valence-corrected chi connectivity index (χ2v) is 16.3. The molecule has 0 fully saturated rings. The van der Waals surface area contributed by atoms with Crippen LogP contribution in [0.5, 0.6) is 23.0 Å². The third-order valence-corrected chi connectivity index (χ3v) is 12.1. The van der Waals surface area contributed by atoms with Crippen molar-refractivity contribution in [3.05, 3.63) is 148 Å². The van der Waals surface area contributed by atoms with Crippen LogP contribution in [0.4, 0.5) is 0 Å². The average Bonchev–Trinajstić information content (AvgIpc) is 3.64. The Labute approximate surface area is 321 Å². The molecule has 0 saturated carbocycles. The predicted octanol–water partition coefficient (Wildman–Crippen LogP) is 11.1. The standard InChI is InChI=1S/C50H41BN2O2/c1-26-16-30(5)47-36(20-26)37-21-27(2)17-31(6)48(37)52(47)34-12-14-40-44(24-34)54-42-10-9-11-43-46(42)51(40)41-15-13-35(25-45(41)55-43)53-49-32(7)18-28(3)22-38(49)39-23-29(4)19-33(8)50(39)53/h9-25H,1-8H3. The molecule has 0 atom stereocenters. The zero-order valence-corrected chi connectivity index (χ0v) is 32.6. The molecule has 2 aliphatic heterocycles. The molecule has 4 heterocycles. The zero-order chi connectivity index (χ0) is 37.6. The average molecular weight is 713 g/mol. The number of hydrogen-bond acceptors (Lipinski definition) is 2. The normalized spacial score (nSPS) is 13.0. The fourth-order valence-corrected chi connectivity index (χ4v) is 10.3. The Hall–Kier alpha value is -6.20. The highest BCUT2D eigenvalue weighted by Gasteiger charge is 2.40. The molecule has 2 aliphatic rings. The lowest BCUT2D eigenvalue weighted by molar-refractivity contribution is 0.464. The van der Waals surface area contributed by atoms with Gasteiger partial charge < -0.3 is 18.6 Å². The lowest BCUT2D eigenvalue weighted by Gasteiger charge is -2.33. The number of ether oxygens (including phenoxy) is 2. The van der Waals surface area contributed by atoms with Gasteiger partial charge in [0.25, 0.3) is 6.71 Å². The van der Waals surface area contributed by atoms with Gasteiger partial charge in [0.15, 0.2) is 0 Å². The summed E-state index contributed by atoms with van der Waals surface area (Å²) in [5.41, 5.74) is 20.8. The molecule has 55 heavy (non-hydrogen) atoms. The van der Waals surface area contributed by atoms with Crippen LogP contribution in [0.3, 0.4) is 0 Å². The van der Waals surface area contributed by atoms with E-state index in [-0.39, 0.29) is 6.71 Å². The zero-order valence-electron chi connectivity index (χ0n) is 32.6. The highest BCUT2D eigenvalue weighted by molar-refractivity contribution is 6.98. The predicted molar refractivity (Wildman–Crippen MR) is 231 cm³/mol. The van der Waals surface area contributed by atoms with Crippen LogP contribution in [0.2, 0.25) is 0 Å². The van der Waals surface area contributed by atoms with Gasteiger partial charge in [-0.25, -0.2) is 0 Å². The summed E-state index contributed by atoms with van der Waals surface area (Å²) < 4.78 is 18.6. The van der Waals surface area contributed by atoms with Crippen molar-refractivity contribution in [3.63, 3.8) is 0 Å². The summed E-state index contributed by atoms with van der Waals surface area (Å²) in [6.45, 7) is 17.7. The third-order valence-electron chi connectivity index (χ3n) is 12.1. The first-order chi connectivity index (χ1) is 26.5. The molecule has 266 valence electrons. The smallest absolute Gasteiger partial charge is 0.260 e. The summed E-state index contributed by atoms with van der Waals surface area (Å²) in [6.07, 6.45) is 0. The first-order valence-corrected chi connectivity index (χ1v) is 19.4. The molecule has 0 saturated heterocycles. The second kappa shape index (κ2) is 11.2. The number of rotatable bonds is 2. The third kappa shape index (κ3) is 4.47. The molecule has 0 aliphatic carbocycles. The van der Waals surface area contributed by atoms with Gasteiger partial charge >= 0.3 is 0 Å². The summed E-state index contributed by atoms with van der Waals surface area (Å²) in [6, 6.07) is 38.4. The maximum absolute atomic E-state index is 6.83. The molecular weight excluding hydrogens is 671 g/mol. The van der Waals surface area contributed by atoms with Crippen molar-refractivity contribution in [3.8, 4) is 34.4 Å². The topological polar surface area (TPSA) is 28.3 Å². The minimum absolute atomic E-state index is 0.0272. The molecule has 0 spiro atoms. The summed E-state index contributed by atoms with van der Waals surface area (Å²) in [5, 5.41) is 5.17. The Morgan fingerprint density at radius 3 is 1.07 bits per heavy atom. The fraction of sp³-hybridized carbons (Fsp3) is 0.160. The van der Waals surface area contributed by atoms with Crippen LogP contribution >= 0.6 is 0 Å². The monoisotopic (exact) mass is 712 g/mol. The maximum Gasteiger partial charge on any atom is 0.260 e. The van der Waals surface area contributed by atoms with E-state index in [0.29, 0.717) is 0 Å². The van der Waals surface area contributed by atoms with E-state index in [4.69, 9.17) is 9.47 Å². The summed E-state index contributed by atoms with van der Waals surface area (Å²) in [4.78, 5) is 0. The van der Waals surface area contributed by atoms with E-state index in [9.17, 15) is 0 Å². The number of aryl methyl sites for hydroxylation is 8. The van der Waals surface area contributed by atoms with Gasteiger partial charge in [0.05, 0.1) is 22.1 Å². The van der Waals surface area contributed by atoms with Crippen LogP contribution in [-0.4, -0.2) is 15.8 Å². The van der Waals surface area contributed by atoms with Crippen molar-refractivity contribution in [1.82, 2.24) is 9.13 Å². The molecule has 5 heteroatoms. The minimum atomic E-state index is -0.0272. The molecule has 0 amide bonds. The van der Waals surface area contributed by atoms with Gasteiger partial charge in [0.2, 0.25) is 0 Å². The molecule has 4 nitrogen and oxygen atoms in total. The number of fused-ring (bicyclic) bond motifs is 10. The van der Waals surface area contributed by atoms with Crippen LogP contribution in [0, 0.1) is 55.4 Å². The van der Waals surface area contributed by atoms with Gasteiger partial charge in [-0.15, -0.1) is 0 Å². The largest absolute Gasteiger partial charge is 0.458 e. The van der Waals surface area contributed by atoms with Gasteiger partial charge in [0, 0.05) is 50.5 Å². The van der Waals surface area contributed by atoms with Crippen molar-refractivity contribution < 1.29 is 9.47 Å². The van der Waals surface area contributed by atoms with Crippen molar-refractivity contribution in [1.29, 1.82) is 0 Å². The van der Waals surface area contributed by atoms with Gasteiger partial charge in [0.1, 0.15) is 23.0 Å². The molecular formula is C50H41BN2O2. The van der Waals surface area contributed by atoms with Crippen LogP contribution in [0.1, 0.15) is 44.5 Å². The number of nitrogens with zero attached hydrogens (tertiary/aromatic N) is 2. The second-order valence-electron chi connectivity index (χ2n) is 16.3. The van der Waals surface area contributed by atoms with Gasteiger partial charge in [-0.3, -0.25) is 0 Å². The number of benzene rings is 7. The maximum atomic E-state index is 6.83. The van der Waals surface area contributed by atoms with Crippen LogP contribution in [0.15, 0.2) is 103 Å². The van der Waals surface area contributed by atoms with E-state index in [1.54, 1.807) is 0 Å². The molecule has 11 rings (SSSR count). The molecule has 9 aromatic rings. The fourth-order valence-electron chi connectivity index (χ4n) is 10.3. The molecule has 0 bridgehead atoms. The first kappa shape index (κ1) is 32.3. The quantitative estimate of drug-likeness (QED) is 0.167. The molecule has 0 radical (unpaired) electrons. The Morgan fingerprint density at radius 2 is 0.727 bits per heavy atom. The first-order valence-electron chi connectivity index (χ1n) is 19.4. The summed E-state index contributed by atoms with van der Waals surface area (Å²) in [5.74, 6) is 3.46. The van der Waals surface area contributed by atoms with Crippen molar-refractivity contribution >= 4 is 66.7 Å². The van der Waals surface area contributed by atoms with Crippen molar-refractivity contribution in [2.24, 2.45) is 0 Å². The summed E-state index contributed by atoms with van der Waals surface area (Å²) in [7, 11) is 0. The van der Waals surface area contributed by atoms with Crippen LogP contribution in [-0.2, 0) is 0 Å². The summed E-state index contributed by atoms with van der Waals surface area (Å²) >= 11 is 0. The number of aromatic nitrogens is 2. The Kier molecular flexibility index (Phi) is 6.55. The molecule has 0 unspecified atom stereocenters. The lowest BCUT2D eigenvalue weighted by Crippen LogP contribution is -2.57. The van der Waals surface area contributed by atoms with E-state index in [0.717, 1.165) is 50.8 Å². The Balaban J connectivity index is 1.11. The van der Waals surface area contributed by atoms with Gasteiger partial charge in [-0.2, -0.15) is 0 Å². The van der Waals surface area contributed by atoms with E-state index < -0.39 is 0 Å². The van der Waals surface area contributed by atoms with Crippen molar-refractivity contribution in [2.45, 2.75) is 55.4 Å².